The highest BCUT2D eigenvalue weighted by atomic mass is 32.1. The number of carbonyl (C=O) groups excluding carboxylic acids is 1. The second-order valence-corrected chi connectivity index (χ2v) is 9.10. The normalized spacial score (nSPS) is 13.5. The van der Waals surface area contributed by atoms with E-state index in [1.165, 1.54) is 38.9 Å². The fourth-order valence-corrected chi connectivity index (χ4v) is 5.21. The molecule has 6 rings (SSSR count). The molecule has 1 aliphatic rings. The Morgan fingerprint density at radius 2 is 1.88 bits per heavy atom. The van der Waals surface area contributed by atoms with Crippen molar-refractivity contribution in [1.82, 2.24) is 9.88 Å². The van der Waals surface area contributed by atoms with Crippen LogP contribution in [0.25, 0.3) is 32.1 Å². The summed E-state index contributed by atoms with van der Waals surface area (Å²) in [6.07, 6.45) is 2.51. The van der Waals surface area contributed by atoms with Crippen LogP contribution in [-0.2, 0) is 13.0 Å². The molecule has 0 unspecified atom stereocenters. The minimum absolute atomic E-state index is 0.173. The molecular weight excluding hydrogens is 421 g/mol. The summed E-state index contributed by atoms with van der Waals surface area (Å²) in [6.45, 7) is 1.20. The number of nitrogens with zero attached hydrogens (tertiary/aromatic N) is 1. The lowest BCUT2D eigenvalue weighted by atomic mass is 9.94. The van der Waals surface area contributed by atoms with Gasteiger partial charge in [-0.2, -0.15) is 0 Å². The smallest absolute Gasteiger partial charge is 0.322 e. The molecule has 1 aliphatic heterocycles. The minimum atomic E-state index is -0.326. The van der Waals surface area contributed by atoms with Crippen molar-refractivity contribution in [2.24, 2.45) is 0 Å². The number of benzene rings is 3. The third kappa shape index (κ3) is 3.33. The number of H-pyrrole nitrogens is 1. The number of anilines is 1. The Hall–Kier alpha value is -3.64. The van der Waals surface area contributed by atoms with Gasteiger partial charge < -0.3 is 15.2 Å². The van der Waals surface area contributed by atoms with E-state index in [4.69, 9.17) is 0 Å². The van der Waals surface area contributed by atoms with E-state index in [0.29, 0.717) is 24.2 Å². The van der Waals surface area contributed by atoms with Crippen LogP contribution in [0.15, 0.2) is 72.2 Å². The number of hydrogen-bond acceptors (Lipinski definition) is 2. The summed E-state index contributed by atoms with van der Waals surface area (Å²) in [5.74, 6) is -0.326. The lowest BCUT2D eigenvalue weighted by molar-refractivity contribution is 0.206. The Morgan fingerprint density at radius 1 is 1.00 bits per heavy atom. The Bertz CT molecular complexity index is 1490. The van der Waals surface area contributed by atoms with Crippen molar-refractivity contribution < 1.29 is 9.18 Å². The van der Waals surface area contributed by atoms with Gasteiger partial charge in [0, 0.05) is 34.9 Å². The number of hydrogen-bond donors (Lipinski definition) is 2. The van der Waals surface area contributed by atoms with E-state index in [1.807, 2.05) is 0 Å². The molecule has 0 aliphatic carbocycles. The molecule has 5 aromatic rings. The van der Waals surface area contributed by atoms with Crippen LogP contribution in [0.5, 0.6) is 0 Å². The van der Waals surface area contributed by atoms with Crippen LogP contribution in [-0.4, -0.2) is 22.5 Å². The van der Waals surface area contributed by atoms with E-state index < -0.39 is 0 Å². The number of aromatic nitrogens is 1. The van der Waals surface area contributed by atoms with Crippen LogP contribution in [0.1, 0.15) is 11.1 Å². The predicted molar refractivity (Wildman–Crippen MR) is 129 cm³/mol. The minimum Gasteiger partial charge on any atom is -0.359 e. The molecule has 0 spiro atoms. The van der Waals surface area contributed by atoms with Gasteiger partial charge in [-0.1, -0.05) is 24.3 Å². The lowest BCUT2D eigenvalue weighted by Crippen LogP contribution is -2.38. The Morgan fingerprint density at radius 3 is 2.81 bits per heavy atom. The second-order valence-electron chi connectivity index (χ2n) is 8.15. The van der Waals surface area contributed by atoms with Crippen molar-refractivity contribution in [3.63, 3.8) is 0 Å². The van der Waals surface area contributed by atoms with Gasteiger partial charge in [-0.3, -0.25) is 0 Å². The molecule has 0 fully saturated rings. The second kappa shape index (κ2) is 7.50. The Balaban J connectivity index is 1.21. The zero-order valence-corrected chi connectivity index (χ0v) is 18.0. The highest BCUT2D eigenvalue weighted by molar-refractivity contribution is 7.17. The molecule has 0 saturated heterocycles. The number of aromatic amines is 1. The molecule has 3 aromatic carbocycles. The van der Waals surface area contributed by atoms with Crippen molar-refractivity contribution in [2.45, 2.75) is 13.0 Å². The molecule has 2 amide bonds. The van der Waals surface area contributed by atoms with E-state index in [9.17, 15) is 9.18 Å². The molecule has 0 saturated carbocycles. The van der Waals surface area contributed by atoms with E-state index >= 15 is 0 Å². The quantitative estimate of drug-likeness (QED) is 0.312. The molecule has 3 heterocycles. The van der Waals surface area contributed by atoms with Crippen LogP contribution in [0.4, 0.5) is 14.9 Å². The first-order chi connectivity index (χ1) is 15.6. The third-order valence-electron chi connectivity index (χ3n) is 6.18. The molecule has 4 nitrogen and oxygen atoms in total. The lowest BCUT2D eigenvalue weighted by Gasteiger charge is -2.29. The number of nitrogens with one attached hydrogen (secondary N) is 2. The molecular formula is C26H20FN3OS. The van der Waals surface area contributed by atoms with Crippen LogP contribution >= 0.6 is 11.3 Å². The largest absolute Gasteiger partial charge is 0.359 e. The monoisotopic (exact) mass is 441 g/mol. The molecule has 0 atom stereocenters. The van der Waals surface area contributed by atoms with Gasteiger partial charge >= 0.3 is 6.03 Å². The van der Waals surface area contributed by atoms with Crippen LogP contribution in [0.3, 0.4) is 0 Å². The number of fused-ring (bicyclic) bond motifs is 3. The van der Waals surface area contributed by atoms with Gasteiger partial charge in [0.2, 0.25) is 0 Å². The van der Waals surface area contributed by atoms with Gasteiger partial charge in [-0.15, -0.1) is 11.3 Å². The molecule has 158 valence electrons. The third-order valence-corrected chi connectivity index (χ3v) is 7.07. The van der Waals surface area contributed by atoms with Crippen LogP contribution in [0, 0.1) is 5.82 Å². The standard InChI is InChI=1S/C26H20FN3OS/c27-21-4-5-23-22(13-21)24(14-28-23)29-26(31)30-9-7-18-11-16(1-2-20(18)15-30)17-3-6-25-19(12-17)8-10-32-25/h1-6,8,10-14,28H,7,9,15H2,(H,29,31). The van der Waals surface area contributed by atoms with Crippen molar-refractivity contribution in [2.75, 3.05) is 11.9 Å². The van der Waals surface area contributed by atoms with Crippen molar-refractivity contribution in [1.29, 1.82) is 0 Å². The van der Waals surface area contributed by atoms with Gasteiger partial charge in [0.1, 0.15) is 5.82 Å². The van der Waals surface area contributed by atoms with Gasteiger partial charge in [-0.25, -0.2) is 9.18 Å². The summed E-state index contributed by atoms with van der Waals surface area (Å²) in [4.78, 5) is 17.8. The van der Waals surface area contributed by atoms with Crippen molar-refractivity contribution >= 4 is 44.0 Å². The molecule has 2 N–H and O–H groups in total. The summed E-state index contributed by atoms with van der Waals surface area (Å²) in [5.41, 5.74) is 6.25. The molecule has 32 heavy (non-hydrogen) atoms. The zero-order valence-electron chi connectivity index (χ0n) is 17.2. The number of rotatable bonds is 2. The first-order valence-electron chi connectivity index (χ1n) is 10.6. The van der Waals surface area contributed by atoms with Gasteiger partial charge in [0.15, 0.2) is 0 Å². The van der Waals surface area contributed by atoms with Crippen molar-refractivity contribution in [3.05, 3.63) is 89.2 Å². The average molecular weight is 442 g/mol. The maximum Gasteiger partial charge on any atom is 0.322 e. The molecule has 6 heteroatoms. The Labute approximate surface area is 188 Å². The first-order valence-corrected chi connectivity index (χ1v) is 11.4. The Kier molecular flexibility index (Phi) is 4.47. The fraction of sp³-hybridized carbons (Fsp3) is 0.115. The average Bonchev–Trinajstić information content (AvgIpc) is 3.44. The maximum absolute atomic E-state index is 13.6. The number of halogens is 1. The molecule has 2 aromatic heterocycles. The van der Waals surface area contributed by atoms with E-state index in [-0.39, 0.29) is 11.8 Å². The summed E-state index contributed by atoms with van der Waals surface area (Å²) < 4.78 is 14.9. The van der Waals surface area contributed by atoms with E-state index in [2.05, 4.69) is 58.1 Å². The van der Waals surface area contributed by atoms with Gasteiger partial charge in [-0.05, 0) is 75.8 Å². The zero-order chi connectivity index (χ0) is 21.7. The number of carbonyl (C=O) groups is 1. The molecule has 0 radical (unpaired) electrons. The summed E-state index contributed by atoms with van der Waals surface area (Å²) in [7, 11) is 0. The SMILES string of the molecule is O=C(Nc1c[nH]c2ccc(F)cc12)N1CCc2cc(-c3ccc4sccc4c3)ccc2C1. The highest BCUT2D eigenvalue weighted by Crippen LogP contribution is 2.31. The van der Waals surface area contributed by atoms with Crippen molar-refractivity contribution in [3.8, 4) is 11.1 Å². The topological polar surface area (TPSA) is 48.1 Å². The predicted octanol–water partition coefficient (Wildman–Crippen LogP) is 6.78. The first kappa shape index (κ1) is 19.1. The van der Waals surface area contributed by atoms with Crippen LogP contribution < -0.4 is 5.32 Å². The summed E-state index contributed by atoms with van der Waals surface area (Å²) in [5, 5.41) is 6.99. The van der Waals surface area contributed by atoms with Gasteiger partial charge in [0.25, 0.3) is 0 Å². The van der Waals surface area contributed by atoms with E-state index in [0.717, 1.165) is 17.5 Å². The van der Waals surface area contributed by atoms with E-state index in [1.54, 1.807) is 28.5 Å². The molecule has 0 bridgehead atoms. The fourth-order valence-electron chi connectivity index (χ4n) is 4.44. The number of thiophene rings is 1. The number of amides is 2. The number of urea groups is 1. The maximum atomic E-state index is 13.6. The summed E-state index contributed by atoms with van der Waals surface area (Å²) in [6, 6.07) is 19.6. The summed E-state index contributed by atoms with van der Waals surface area (Å²) >= 11 is 1.76. The van der Waals surface area contributed by atoms with Crippen LogP contribution in [0.2, 0.25) is 0 Å². The highest BCUT2D eigenvalue weighted by Gasteiger charge is 2.22. The van der Waals surface area contributed by atoms with Gasteiger partial charge in [0.05, 0.1) is 5.69 Å².